The Balaban J connectivity index is 1.37. The van der Waals surface area contributed by atoms with Crippen LogP contribution in [0.15, 0.2) is 22.6 Å². The molecular formula is C24H28F3N3O4. The van der Waals surface area contributed by atoms with Crippen LogP contribution in [-0.4, -0.2) is 53.3 Å². The summed E-state index contributed by atoms with van der Waals surface area (Å²) in [5.41, 5.74) is 2.53. The van der Waals surface area contributed by atoms with Gasteiger partial charge in [-0.1, -0.05) is 6.07 Å². The highest BCUT2D eigenvalue weighted by Crippen LogP contribution is 2.38. The van der Waals surface area contributed by atoms with Crippen LogP contribution in [0.1, 0.15) is 61.5 Å². The fourth-order valence-corrected chi connectivity index (χ4v) is 4.88. The van der Waals surface area contributed by atoms with Gasteiger partial charge in [-0.3, -0.25) is 9.59 Å². The summed E-state index contributed by atoms with van der Waals surface area (Å²) in [6.07, 6.45) is 0.931. The molecule has 1 aromatic heterocycles. The van der Waals surface area contributed by atoms with E-state index in [0.717, 1.165) is 53.7 Å². The molecule has 1 saturated carbocycles. The summed E-state index contributed by atoms with van der Waals surface area (Å²) in [5, 5.41) is 8.46. The van der Waals surface area contributed by atoms with Crippen LogP contribution >= 0.6 is 0 Å². The van der Waals surface area contributed by atoms with E-state index >= 15 is 0 Å². The Hall–Kier alpha value is -2.91. The number of aromatic nitrogens is 2. The number of carbonyl (C=O) groups excluding carboxylic acids is 2. The fraction of sp³-hybridized carbons (Fsp3) is 0.583. The summed E-state index contributed by atoms with van der Waals surface area (Å²) < 4.78 is 49.1. The van der Waals surface area contributed by atoms with Gasteiger partial charge in [-0.2, -0.15) is 13.2 Å². The second-order valence-electron chi connectivity index (χ2n) is 9.05. The standard InChI is InChI=1S/C24H28F3N3O4/c1-33-20(31)9-4-15-2-5-17(6-3-15)21-28-29-22(34-21)19-8-7-16-10-12-30(13-11-18(16)14-19)23(32)24(25,26)27/h7-8,14-15,17H,2-6,9-13H2,1H3/t15-,17-. The Morgan fingerprint density at radius 1 is 1.09 bits per heavy atom. The van der Waals surface area contributed by atoms with E-state index in [1.54, 1.807) is 0 Å². The van der Waals surface area contributed by atoms with Crippen LogP contribution in [0.2, 0.25) is 0 Å². The minimum Gasteiger partial charge on any atom is -0.469 e. The van der Waals surface area contributed by atoms with Gasteiger partial charge >= 0.3 is 18.1 Å². The molecule has 0 radical (unpaired) electrons. The SMILES string of the molecule is COC(=O)CC[C@H]1CC[C@H](c2nnc(-c3ccc4c(c3)CCN(C(=O)C(F)(F)F)CC4)o2)CC1. The van der Waals surface area contributed by atoms with Crippen molar-refractivity contribution in [1.29, 1.82) is 0 Å². The molecule has 10 heteroatoms. The lowest BCUT2D eigenvalue weighted by molar-refractivity contribution is -0.185. The Morgan fingerprint density at radius 2 is 1.79 bits per heavy atom. The molecule has 2 aromatic rings. The maximum absolute atomic E-state index is 12.8. The first kappa shape index (κ1) is 24.2. The number of methoxy groups -OCH3 is 1. The minimum atomic E-state index is -4.86. The van der Waals surface area contributed by atoms with Crippen molar-refractivity contribution in [2.75, 3.05) is 20.2 Å². The maximum atomic E-state index is 12.8. The number of ether oxygens (including phenoxy) is 1. The number of nitrogens with zero attached hydrogens (tertiary/aromatic N) is 3. The monoisotopic (exact) mass is 479 g/mol. The van der Waals surface area contributed by atoms with Crippen molar-refractivity contribution in [3.63, 3.8) is 0 Å². The highest BCUT2D eigenvalue weighted by atomic mass is 19.4. The number of fused-ring (bicyclic) bond motifs is 1. The van der Waals surface area contributed by atoms with Crippen LogP contribution in [0.25, 0.3) is 11.5 Å². The zero-order valence-corrected chi connectivity index (χ0v) is 19.1. The molecule has 1 amide bonds. The molecule has 0 saturated heterocycles. The Labute approximate surface area is 195 Å². The topological polar surface area (TPSA) is 85.5 Å². The average Bonchev–Trinajstić information content (AvgIpc) is 3.23. The van der Waals surface area contributed by atoms with Crippen molar-refractivity contribution < 1.29 is 31.9 Å². The molecule has 34 heavy (non-hydrogen) atoms. The first-order valence-electron chi connectivity index (χ1n) is 11.6. The van der Waals surface area contributed by atoms with Crippen LogP contribution in [0.5, 0.6) is 0 Å². The molecule has 2 aliphatic rings. The smallest absolute Gasteiger partial charge is 0.469 e. The van der Waals surface area contributed by atoms with E-state index in [1.165, 1.54) is 7.11 Å². The molecule has 0 spiro atoms. The molecule has 1 aliphatic heterocycles. The zero-order chi connectivity index (χ0) is 24.3. The van der Waals surface area contributed by atoms with Crippen molar-refractivity contribution in [2.24, 2.45) is 5.92 Å². The third-order valence-electron chi connectivity index (χ3n) is 6.91. The number of amides is 1. The van der Waals surface area contributed by atoms with Gasteiger partial charge in [0.2, 0.25) is 11.8 Å². The van der Waals surface area contributed by atoms with Crippen molar-refractivity contribution >= 4 is 11.9 Å². The van der Waals surface area contributed by atoms with Crippen LogP contribution < -0.4 is 0 Å². The predicted molar refractivity (Wildman–Crippen MR) is 116 cm³/mol. The van der Waals surface area contributed by atoms with Crippen LogP contribution in [-0.2, 0) is 27.2 Å². The van der Waals surface area contributed by atoms with E-state index in [4.69, 9.17) is 9.15 Å². The van der Waals surface area contributed by atoms with Crippen molar-refractivity contribution in [3.8, 4) is 11.5 Å². The Kier molecular flexibility index (Phi) is 7.23. The van der Waals surface area contributed by atoms with Crippen LogP contribution in [0.3, 0.4) is 0 Å². The lowest BCUT2D eigenvalue weighted by atomic mass is 9.80. The number of hydrogen-bond acceptors (Lipinski definition) is 6. The predicted octanol–water partition coefficient (Wildman–Crippen LogP) is 4.45. The maximum Gasteiger partial charge on any atom is 0.471 e. The molecular weight excluding hydrogens is 451 g/mol. The molecule has 0 bridgehead atoms. The van der Waals surface area contributed by atoms with E-state index in [-0.39, 0.29) is 25.0 Å². The number of rotatable bonds is 5. The van der Waals surface area contributed by atoms with Crippen molar-refractivity contribution in [1.82, 2.24) is 15.1 Å². The Bertz CT molecular complexity index is 1030. The van der Waals surface area contributed by atoms with E-state index in [0.29, 0.717) is 37.0 Å². The number of benzene rings is 1. The van der Waals surface area contributed by atoms with Gasteiger partial charge in [0.15, 0.2) is 0 Å². The van der Waals surface area contributed by atoms with Crippen molar-refractivity contribution in [2.45, 2.75) is 63.5 Å². The second-order valence-corrected chi connectivity index (χ2v) is 9.05. The fourth-order valence-electron chi connectivity index (χ4n) is 4.88. The number of halogens is 3. The first-order valence-corrected chi connectivity index (χ1v) is 11.6. The number of esters is 1. The molecule has 0 atom stereocenters. The largest absolute Gasteiger partial charge is 0.471 e. The minimum absolute atomic E-state index is 0.0170. The number of carbonyl (C=O) groups is 2. The summed E-state index contributed by atoms with van der Waals surface area (Å²) in [6.45, 7) is 0.0563. The van der Waals surface area contributed by atoms with Gasteiger partial charge in [-0.05, 0) is 74.1 Å². The molecule has 7 nitrogen and oxygen atoms in total. The van der Waals surface area contributed by atoms with Gasteiger partial charge in [0.25, 0.3) is 0 Å². The van der Waals surface area contributed by atoms with Crippen molar-refractivity contribution in [3.05, 3.63) is 35.2 Å². The summed E-state index contributed by atoms with van der Waals surface area (Å²) in [7, 11) is 1.40. The summed E-state index contributed by atoms with van der Waals surface area (Å²) >= 11 is 0. The Morgan fingerprint density at radius 3 is 2.47 bits per heavy atom. The summed E-state index contributed by atoms with van der Waals surface area (Å²) in [5.74, 6) is -0.313. The van der Waals surface area contributed by atoms with E-state index < -0.39 is 12.1 Å². The lowest BCUT2D eigenvalue weighted by Crippen LogP contribution is -2.42. The molecule has 0 unspecified atom stereocenters. The summed E-state index contributed by atoms with van der Waals surface area (Å²) in [4.78, 5) is 23.8. The molecule has 184 valence electrons. The highest BCUT2D eigenvalue weighted by molar-refractivity contribution is 5.82. The third-order valence-corrected chi connectivity index (χ3v) is 6.91. The van der Waals surface area contributed by atoms with E-state index in [9.17, 15) is 22.8 Å². The van der Waals surface area contributed by atoms with Crippen LogP contribution in [0.4, 0.5) is 13.2 Å². The number of hydrogen-bond donors (Lipinski definition) is 0. The van der Waals surface area contributed by atoms with E-state index in [1.807, 2.05) is 18.2 Å². The molecule has 2 heterocycles. The quantitative estimate of drug-likeness (QED) is 0.589. The van der Waals surface area contributed by atoms with Gasteiger partial charge in [0.05, 0.1) is 7.11 Å². The first-order chi connectivity index (χ1) is 16.2. The van der Waals surface area contributed by atoms with Gasteiger partial charge in [-0.15, -0.1) is 10.2 Å². The van der Waals surface area contributed by atoms with Gasteiger partial charge in [0, 0.05) is 31.0 Å². The normalized spacial score (nSPS) is 21.0. The lowest BCUT2D eigenvalue weighted by Gasteiger charge is -2.26. The average molecular weight is 479 g/mol. The van der Waals surface area contributed by atoms with Gasteiger partial charge in [0.1, 0.15) is 0 Å². The highest BCUT2D eigenvalue weighted by Gasteiger charge is 2.42. The van der Waals surface area contributed by atoms with Crippen LogP contribution in [0, 0.1) is 5.92 Å². The molecule has 1 fully saturated rings. The zero-order valence-electron chi connectivity index (χ0n) is 19.1. The van der Waals surface area contributed by atoms with Gasteiger partial charge in [-0.25, -0.2) is 0 Å². The third kappa shape index (κ3) is 5.59. The molecule has 0 N–H and O–H groups in total. The molecule has 4 rings (SSSR count). The van der Waals surface area contributed by atoms with E-state index in [2.05, 4.69) is 10.2 Å². The second kappa shape index (κ2) is 10.1. The molecule has 1 aromatic carbocycles. The van der Waals surface area contributed by atoms with Gasteiger partial charge < -0.3 is 14.1 Å². The molecule has 1 aliphatic carbocycles. The summed E-state index contributed by atoms with van der Waals surface area (Å²) in [6, 6.07) is 5.57. The number of alkyl halides is 3.